The Kier molecular flexibility index (Phi) is 8.87. The van der Waals surface area contributed by atoms with Gasteiger partial charge in [0.15, 0.2) is 0 Å². The minimum Gasteiger partial charge on any atom is -0.456 e. The molecule has 0 unspecified atom stereocenters. The summed E-state index contributed by atoms with van der Waals surface area (Å²) in [5.74, 6) is 0. The number of rotatable bonds is 8. The molecule has 0 amide bonds. The van der Waals surface area contributed by atoms with Crippen molar-refractivity contribution in [3.05, 3.63) is 237 Å². The SMILES string of the molecule is c1ccc(-c2ccccc2-c2c(-c3ccccc3)cccc2-c2ccc(N(c3ccc(-c4ccc5ccccc5c4)cc3)c3ccc4c(c3)oc3ccccc34)cc2)cc1. The normalized spacial score (nSPS) is 11.3. The Morgan fingerprint density at radius 1 is 0.267 bits per heavy atom. The number of hydrogen-bond donors (Lipinski definition) is 0. The molecular weight excluding hydrogens is 727 g/mol. The Bertz CT molecular complexity index is 3290. The van der Waals surface area contributed by atoms with E-state index in [0.717, 1.165) is 44.6 Å². The highest BCUT2D eigenvalue weighted by Gasteiger charge is 2.20. The highest BCUT2D eigenvalue weighted by atomic mass is 16.3. The first-order chi connectivity index (χ1) is 29.7. The Morgan fingerprint density at radius 3 is 1.48 bits per heavy atom. The van der Waals surface area contributed by atoms with Gasteiger partial charge in [-0.15, -0.1) is 0 Å². The number of anilines is 3. The van der Waals surface area contributed by atoms with Crippen molar-refractivity contribution in [2.75, 3.05) is 4.90 Å². The highest BCUT2D eigenvalue weighted by molar-refractivity contribution is 6.06. The Hall–Kier alpha value is -7.94. The van der Waals surface area contributed by atoms with E-state index in [9.17, 15) is 0 Å². The molecule has 0 saturated heterocycles. The average molecular weight is 766 g/mol. The maximum absolute atomic E-state index is 6.42. The molecule has 282 valence electrons. The van der Waals surface area contributed by atoms with Crippen molar-refractivity contribution < 1.29 is 4.42 Å². The van der Waals surface area contributed by atoms with Crippen molar-refractivity contribution in [2.24, 2.45) is 0 Å². The lowest BCUT2D eigenvalue weighted by Gasteiger charge is -2.26. The zero-order valence-corrected chi connectivity index (χ0v) is 32.9. The van der Waals surface area contributed by atoms with E-state index in [4.69, 9.17) is 4.42 Å². The molecule has 60 heavy (non-hydrogen) atoms. The van der Waals surface area contributed by atoms with Gasteiger partial charge in [-0.25, -0.2) is 0 Å². The van der Waals surface area contributed by atoms with Gasteiger partial charge in [-0.2, -0.15) is 0 Å². The van der Waals surface area contributed by atoms with Crippen molar-refractivity contribution in [3.63, 3.8) is 0 Å². The second-order valence-electron chi connectivity index (χ2n) is 15.3. The number of fused-ring (bicyclic) bond motifs is 4. The van der Waals surface area contributed by atoms with Crippen LogP contribution in [0.4, 0.5) is 17.1 Å². The number of benzene rings is 10. The maximum atomic E-state index is 6.42. The molecule has 0 aliphatic heterocycles. The minimum atomic E-state index is 0.863. The lowest BCUT2D eigenvalue weighted by Crippen LogP contribution is -2.09. The predicted molar refractivity (Wildman–Crippen MR) is 253 cm³/mol. The summed E-state index contributed by atoms with van der Waals surface area (Å²) in [4.78, 5) is 2.33. The summed E-state index contributed by atoms with van der Waals surface area (Å²) in [5.41, 5.74) is 16.8. The summed E-state index contributed by atoms with van der Waals surface area (Å²) in [6.07, 6.45) is 0. The molecule has 0 radical (unpaired) electrons. The number of furan rings is 1. The number of nitrogens with zero attached hydrogens (tertiary/aromatic N) is 1. The molecule has 0 aliphatic rings. The van der Waals surface area contributed by atoms with Crippen molar-refractivity contribution in [1.29, 1.82) is 0 Å². The topological polar surface area (TPSA) is 16.4 Å². The molecule has 11 rings (SSSR count). The van der Waals surface area contributed by atoms with Gasteiger partial charge in [0.2, 0.25) is 0 Å². The van der Waals surface area contributed by atoms with Crippen molar-refractivity contribution >= 4 is 49.8 Å². The molecule has 0 bridgehead atoms. The Morgan fingerprint density at radius 2 is 0.767 bits per heavy atom. The molecule has 10 aromatic carbocycles. The summed E-state index contributed by atoms with van der Waals surface area (Å²) in [6.45, 7) is 0. The molecule has 0 spiro atoms. The standard InChI is InChI=1S/C58H39NO/c1-3-15-42(16-4-1)50-20-9-10-22-55(50)58-51(43-17-5-2-6-18-43)23-13-24-52(58)44-30-34-48(35-31-44)59(49-36-37-54-53-21-11-12-25-56(53)60-57(54)39-49)47-32-28-41(29-33-47)46-27-26-40-14-7-8-19-45(40)38-46/h1-39H. The van der Waals surface area contributed by atoms with E-state index in [2.05, 4.69) is 229 Å². The first-order valence-electron chi connectivity index (χ1n) is 20.5. The largest absolute Gasteiger partial charge is 0.456 e. The molecule has 0 atom stereocenters. The van der Waals surface area contributed by atoms with Gasteiger partial charge in [-0.05, 0) is 115 Å². The summed E-state index contributed by atoms with van der Waals surface area (Å²) < 4.78 is 6.42. The van der Waals surface area contributed by atoms with Crippen LogP contribution in [0.3, 0.4) is 0 Å². The lowest BCUT2D eigenvalue weighted by atomic mass is 9.84. The monoisotopic (exact) mass is 765 g/mol. The van der Waals surface area contributed by atoms with Crippen LogP contribution in [-0.4, -0.2) is 0 Å². The third-order valence-corrected chi connectivity index (χ3v) is 11.7. The Balaban J connectivity index is 1.04. The van der Waals surface area contributed by atoms with Gasteiger partial charge in [0.1, 0.15) is 11.2 Å². The van der Waals surface area contributed by atoms with Crippen LogP contribution >= 0.6 is 0 Å². The predicted octanol–water partition coefficient (Wildman–Crippen LogP) is 16.5. The van der Waals surface area contributed by atoms with Crippen LogP contribution in [0.5, 0.6) is 0 Å². The van der Waals surface area contributed by atoms with E-state index in [1.54, 1.807) is 0 Å². The highest BCUT2D eigenvalue weighted by Crippen LogP contribution is 2.45. The van der Waals surface area contributed by atoms with E-state index in [1.165, 1.54) is 60.8 Å². The molecule has 1 aromatic heterocycles. The van der Waals surface area contributed by atoms with Crippen LogP contribution in [0.1, 0.15) is 0 Å². The van der Waals surface area contributed by atoms with Crippen LogP contribution in [0.15, 0.2) is 241 Å². The quantitative estimate of drug-likeness (QED) is 0.153. The van der Waals surface area contributed by atoms with E-state index in [-0.39, 0.29) is 0 Å². The molecular formula is C58H39NO. The second-order valence-corrected chi connectivity index (χ2v) is 15.3. The van der Waals surface area contributed by atoms with Gasteiger partial charge >= 0.3 is 0 Å². The molecule has 2 nitrogen and oxygen atoms in total. The van der Waals surface area contributed by atoms with E-state index in [1.807, 2.05) is 12.1 Å². The van der Waals surface area contributed by atoms with Crippen molar-refractivity contribution in [3.8, 4) is 55.6 Å². The first kappa shape index (κ1) is 35.2. The third-order valence-electron chi connectivity index (χ3n) is 11.7. The lowest BCUT2D eigenvalue weighted by molar-refractivity contribution is 0.669. The van der Waals surface area contributed by atoms with Gasteiger partial charge in [-0.3, -0.25) is 0 Å². The van der Waals surface area contributed by atoms with Crippen LogP contribution in [0.2, 0.25) is 0 Å². The van der Waals surface area contributed by atoms with Crippen molar-refractivity contribution in [2.45, 2.75) is 0 Å². The summed E-state index contributed by atoms with van der Waals surface area (Å²) in [7, 11) is 0. The zero-order valence-electron chi connectivity index (χ0n) is 32.9. The second kappa shape index (κ2) is 15.1. The first-order valence-corrected chi connectivity index (χ1v) is 20.5. The van der Waals surface area contributed by atoms with E-state index < -0.39 is 0 Å². The zero-order chi connectivity index (χ0) is 39.8. The van der Waals surface area contributed by atoms with Crippen LogP contribution in [0.25, 0.3) is 88.3 Å². The molecule has 2 heteroatoms. The van der Waals surface area contributed by atoms with Gasteiger partial charge in [0.25, 0.3) is 0 Å². The molecule has 1 heterocycles. The molecule has 11 aromatic rings. The van der Waals surface area contributed by atoms with Crippen molar-refractivity contribution in [1.82, 2.24) is 0 Å². The number of para-hydroxylation sites is 1. The van der Waals surface area contributed by atoms with E-state index >= 15 is 0 Å². The molecule has 0 fully saturated rings. The summed E-state index contributed by atoms with van der Waals surface area (Å²) in [5, 5.41) is 4.71. The van der Waals surface area contributed by atoms with Gasteiger partial charge in [0.05, 0.1) is 0 Å². The fraction of sp³-hybridized carbons (Fsp3) is 0. The fourth-order valence-electron chi connectivity index (χ4n) is 8.77. The smallest absolute Gasteiger partial charge is 0.137 e. The minimum absolute atomic E-state index is 0.863. The van der Waals surface area contributed by atoms with Crippen LogP contribution in [0, 0.1) is 0 Å². The summed E-state index contributed by atoms with van der Waals surface area (Å²) in [6, 6.07) is 84.9. The average Bonchev–Trinajstić information content (AvgIpc) is 3.70. The van der Waals surface area contributed by atoms with Crippen LogP contribution in [-0.2, 0) is 0 Å². The molecule has 0 N–H and O–H groups in total. The van der Waals surface area contributed by atoms with Crippen LogP contribution < -0.4 is 4.90 Å². The Labute approximate surface area is 349 Å². The summed E-state index contributed by atoms with van der Waals surface area (Å²) >= 11 is 0. The molecule has 0 aliphatic carbocycles. The van der Waals surface area contributed by atoms with Gasteiger partial charge < -0.3 is 9.32 Å². The van der Waals surface area contributed by atoms with E-state index in [0.29, 0.717) is 0 Å². The maximum Gasteiger partial charge on any atom is 0.137 e. The fourth-order valence-corrected chi connectivity index (χ4v) is 8.77. The van der Waals surface area contributed by atoms with Gasteiger partial charge in [-0.1, -0.05) is 182 Å². The number of hydrogen-bond acceptors (Lipinski definition) is 2. The third kappa shape index (κ3) is 6.41. The molecule has 0 saturated carbocycles. The van der Waals surface area contributed by atoms with Gasteiger partial charge in [0, 0.05) is 33.9 Å².